The van der Waals surface area contributed by atoms with E-state index in [1.807, 2.05) is 6.92 Å². The van der Waals surface area contributed by atoms with Gasteiger partial charge in [0.1, 0.15) is 10.6 Å². The second kappa shape index (κ2) is 8.00. The van der Waals surface area contributed by atoms with Gasteiger partial charge in [-0.1, -0.05) is 11.6 Å². The average Bonchev–Trinajstić information content (AvgIpc) is 2.94. The van der Waals surface area contributed by atoms with Crippen LogP contribution in [-0.4, -0.2) is 42.7 Å². The summed E-state index contributed by atoms with van der Waals surface area (Å²) in [6.07, 6.45) is 1.99. The molecule has 0 fully saturated rings. The Morgan fingerprint density at radius 1 is 1.29 bits per heavy atom. The molecular weight excluding hydrogens is 350 g/mol. The molecule has 1 aromatic carbocycles. The summed E-state index contributed by atoms with van der Waals surface area (Å²) in [7, 11) is -1.96. The van der Waals surface area contributed by atoms with Gasteiger partial charge in [-0.3, -0.25) is 4.68 Å². The number of sulfonamides is 1. The second-order valence-corrected chi connectivity index (χ2v) is 7.84. The minimum absolute atomic E-state index is 0.255. The summed E-state index contributed by atoms with van der Waals surface area (Å²) in [6, 6.07) is 7.07. The van der Waals surface area contributed by atoms with Gasteiger partial charge in [0, 0.05) is 25.2 Å². The third-order valence-electron chi connectivity index (χ3n) is 3.75. The Morgan fingerprint density at radius 3 is 2.54 bits per heavy atom. The standard InChI is InChI=1S/C16H22ClN3O3S/c1-4-20-13(2)16(12-18-20)24(21,22)19(3)10-5-11-23-15-8-6-14(17)7-9-15/h6-9,12H,4-5,10-11H2,1-3H3. The van der Waals surface area contributed by atoms with Gasteiger partial charge in [0.25, 0.3) is 0 Å². The summed E-state index contributed by atoms with van der Waals surface area (Å²) in [6.45, 7) is 5.12. The largest absolute Gasteiger partial charge is 0.494 e. The number of benzene rings is 1. The van der Waals surface area contributed by atoms with Crippen LogP contribution >= 0.6 is 11.6 Å². The molecule has 2 rings (SSSR count). The average molecular weight is 372 g/mol. The molecule has 0 spiro atoms. The molecule has 0 aliphatic heterocycles. The summed E-state index contributed by atoms with van der Waals surface area (Å²) < 4.78 is 33.8. The first kappa shape index (κ1) is 18.8. The molecule has 0 saturated carbocycles. The number of rotatable bonds is 8. The van der Waals surface area contributed by atoms with Gasteiger partial charge in [-0.2, -0.15) is 5.10 Å². The van der Waals surface area contributed by atoms with E-state index in [2.05, 4.69) is 5.10 Å². The monoisotopic (exact) mass is 371 g/mol. The maximum Gasteiger partial charge on any atom is 0.246 e. The van der Waals surface area contributed by atoms with Crippen molar-refractivity contribution in [1.82, 2.24) is 14.1 Å². The van der Waals surface area contributed by atoms with Crippen LogP contribution in [0.3, 0.4) is 0 Å². The maximum atomic E-state index is 12.6. The van der Waals surface area contributed by atoms with Crippen LogP contribution < -0.4 is 4.74 Å². The first-order valence-corrected chi connectivity index (χ1v) is 9.55. The first-order valence-electron chi connectivity index (χ1n) is 7.73. The van der Waals surface area contributed by atoms with Gasteiger partial charge in [-0.15, -0.1) is 0 Å². The Morgan fingerprint density at radius 2 is 1.96 bits per heavy atom. The minimum Gasteiger partial charge on any atom is -0.494 e. The maximum absolute atomic E-state index is 12.6. The molecule has 132 valence electrons. The highest BCUT2D eigenvalue weighted by molar-refractivity contribution is 7.89. The summed E-state index contributed by atoms with van der Waals surface area (Å²) >= 11 is 5.81. The molecule has 1 aromatic heterocycles. The Hall–Kier alpha value is -1.57. The van der Waals surface area contributed by atoms with Crippen LogP contribution in [-0.2, 0) is 16.6 Å². The molecular formula is C16H22ClN3O3S. The lowest BCUT2D eigenvalue weighted by Gasteiger charge is -2.17. The summed E-state index contributed by atoms with van der Waals surface area (Å²) in [5.41, 5.74) is 0.654. The minimum atomic E-state index is -3.53. The fourth-order valence-electron chi connectivity index (χ4n) is 2.30. The predicted molar refractivity (Wildman–Crippen MR) is 94.0 cm³/mol. The smallest absolute Gasteiger partial charge is 0.246 e. The van der Waals surface area contributed by atoms with Gasteiger partial charge in [-0.25, -0.2) is 12.7 Å². The number of aromatic nitrogens is 2. The lowest BCUT2D eigenvalue weighted by Crippen LogP contribution is -2.29. The first-order chi connectivity index (χ1) is 11.4. The zero-order valence-corrected chi connectivity index (χ0v) is 15.6. The summed E-state index contributed by atoms with van der Waals surface area (Å²) in [5.74, 6) is 0.713. The van der Waals surface area contributed by atoms with E-state index in [-0.39, 0.29) is 4.90 Å². The lowest BCUT2D eigenvalue weighted by molar-refractivity contribution is 0.296. The fraction of sp³-hybridized carbons (Fsp3) is 0.438. The third-order valence-corrected chi connectivity index (χ3v) is 5.96. The molecule has 0 N–H and O–H groups in total. The van der Waals surface area contributed by atoms with Gasteiger partial charge in [0.05, 0.1) is 18.5 Å². The van der Waals surface area contributed by atoms with Crippen molar-refractivity contribution in [2.24, 2.45) is 0 Å². The molecule has 0 unspecified atom stereocenters. The van der Waals surface area contributed by atoms with Crippen LogP contribution in [0.15, 0.2) is 35.4 Å². The lowest BCUT2D eigenvalue weighted by atomic mass is 10.3. The van der Waals surface area contributed by atoms with Crippen molar-refractivity contribution < 1.29 is 13.2 Å². The predicted octanol–water partition coefficient (Wildman–Crippen LogP) is 2.95. The van der Waals surface area contributed by atoms with Crippen molar-refractivity contribution in [3.63, 3.8) is 0 Å². The van der Waals surface area contributed by atoms with E-state index in [4.69, 9.17) is 16.3 Å². The fourth-order valence-corrected chi connectivity index (χ4v) is 3.79. The van der Waals surface area contributed by atoms with Gasteiger partial charge >= 0.3 is 0 Å². The van der Waals surface area contributed by atoms with E-state index in [1.165, 1.54) is 10.5 Å². The summed E-state index contributed by atoms with van der Waals surface area (Å²) in [4.78, 5) is 0.255. The molecule has 1 heterocycles. The number of halogens is 1. The van der Waals surface area contributed by atoms with Crippen molar-refractivity contribution in [1.29, 1.82) is 0 Å². The molecule has 0 saturated heterocycles. The number of hydrogen-bond acceptors (Lipinski definition) is 4. The molecule has 0 aliphatic rings. The molecule has 0 radical (unpaired) electrons. The number of aryl methyl sites for hydroxylation is 1. The van der Waals surface area contributed by atoms with E-state index in [0.717, 1.165) is 0 Å². The number of nitrogens with zero attached hydrogens (tertiary/aromatic N) is 3. The van der Waals surface area contributed by atoms with Gasteiger partial charge in [0.2, 0.25) is 10.0 Å². The van der Waals surface area contributed by atoms with Crippen molar-refractivity contribution >= 4 is 21.6 Å². The Labute approximate surface area is 148 Å². The van der Waals surface area contributed by atoms with Gasteiger partial charge in [-0.05, 0) is 44.5 Å². The van der Waals surface area contributed by atoms with Crippen molar-refractivity contribution in [2.75, 3.05) is 20.2 Å². The van der Waals surface area contributed by atoms with Crippen molar-refractivity contribution in [2.45, 2.75) is 31.7 Å². The van der Waals surface area contributed by atoms with Gasteiger partial charge < -0.3 is 4.74 Å². The van der Waals surface area contributed by atoms with Crippen LogP contribution in [0.1, 0.15) is 19.0 Å². The van der Waals surface area contributed by atoms with E-state index in [0.29, 0.717) is 42.6 Å². The molecule has 0 bridgehead atoms. The second-order valence-electron chi connectivity index (χ2n) is 5.39. The number of ether oxygens (including phenoxy) is 1. The van der Waals surface area contributed by atoms with Crippen LogP contribution in [0.25, 0.3) is 0 Å². The van der Waals surface area contributed by atoms with Crippen LogP contribution in [0.5, 0.6) is 5.75 Å². The van der Waals surface area contributed by atoms with Crippen molar-refractivity contribution in [3.05, 3.63) is 41.2 Å². The van der Waals surface area contributed by atoms with Crippen LogP contribution in [0.2, 0.25) is 5.02 Å². The molecule has 0 atom stereocenters. The highest BCUT2D eigenvalue weighted by Crippen LogP contribution is 2.19. The Bertz CT molecular complexity index is 772. The Kier molecular flexibility index (Phi) is 6.26. The van der Waals surface area contributed by atoms with E-state index in [1.54, 1.807) is 42.9 Å². The normalized spacial score (nSPS) is 11.9. The molecule has 2 aromatic rings. The highest BCUT2D eigenvalue weighted by atomic mass is 35.5. The van der Waals surface area contributed by atoms with Crippen LogP contribution in [0.4, 0.5) is 0 Å². The topological polar surface area (TPSA) is 64.4 Å². The van der Waals surface area contributed by atoms with E-state index in [9.17, 15) is 8.42 Å². The van der Waals surface area contributed by atoms with Crippen LogP contribution in [0, 0.1) is 6.92 Å². The molecule has 24 heavy (non-hydrogen) atoms. The third kappa shape index (κ3) is 4.28. The summed E-state index contributed by atoms with van der Waals surface area (Å²) in [5, 5.41) is 4.75. The highest BCUT2D eigenvalue weighted by Gasteiger charge is 2.25. The Balaban J connectivity index is 1.90. The molecule has 0 aliphatic carbocycles. The van der Waals surface area contributed by atoms with E-state index >= 15 is 0 Å². The molecule has 6 nitrogen and oxygen atoms in total. The quantitative estimate of drug-likeness (QED) is 0.669. The van der Waals surface area contributed by atoms with E-state index < -0.39 is 10.0 Å². The molecule has 8 heteroatoms. The zero-order valence-electron chi connectivity index (χ0n) is 14.1. The molecule has 0 amide bonds. The SMILES string of the molecule is CCn1ncc(S(=O)(=O)N(C)CCCOc2ccc(Cl)cc2)c1C. The van der Waals surface area contributed by atoms with Crippen molar-refractivity contribution in [3.8, 4) is 5.75 Å². The zero-order chi connectivity index (χ0) is 17.7. The van der Waals surface area contributed by atoms with Gasteiger partial charge in [0.15, 0.2) is 0 Å². The number of hydrogen-bond donors (Lipinski definition) is 0.